The van der Waals surface area contributed by atoms with E-state index in [1.807, 2.05) is 18.3 Å². The van der Waals surface area contributed by atoms with Gasteiger partial charge in [0.05, 0.1) is 12.3 Å². The highest BCUT2D eigenvalue weighted by atomic mass is 79.9. The van der Waals surface area contributed by atoms with Gasteiger partial charge in [-0.2, -0.15) is 5.10 Å². The van der Waals surface area contributed by atoms with Crippen molar-refractivity contribution in [2.75, 3.05) is 0 Å². The molecule has 5 heteroatoms. The van der Waals surface area contributed by atoms with Gasteiger partial charge in [-0.25, -0.2) is 9.67 Å². The van der Waals surface area contributed by atoms with Crippen molar-refractivity contribution in [2.24, 2.45) is 0 Å². The average molecular weight is 296 g/mol. The molecule has 0 radical (unpaired) electrons. The van der Waals surface area contributed by atoms with Gasteiger partial charge in [-0.3, -0.25) is 0 Å². The van der Waals surface area contributed by atoms with Gasteiger partial charge in [-0.05, 0) is 34.0 Å². The second kappa shape index (κ2) is 4.98. The maximum absolute atomic E-state index is 9.32. The summed E-state index contributed by atoms with van der Waals surface area (Å²) in [6, 6.07) is 3.81. The van der Waals surface area contributed by atoms with E-state index in [9.17, 15) is 5.11 Å². The highest BCUT2D eigenvalue weighted by Gasteiger charge is 2.09. The minimum Gasteiger partial charge on any atom is -0.392 e. The Balaban J connectivity index is 2.44. The number of aliphatic hydroxyl groups is 1. The molecule has 0 saturated heterocycles. The van der Waals surface area contributed by atoms with Gasteiger partial charge in [0, 0.05) is 22.4 Å². The molecule has 2 heterocycles. The van der Waals surface area contributed by atoms with Crippen LogP contribution in [0.15, 0.2) is 29.0 Å². The molecule has 90 valence electrons. The molecule has 2 aromatic heterocycles. The first-order valence-electron chi connectivity index (χ1n) is 5.43. The maximum atomic E-state index is 9.32. The van der Waals surface area contributed by atoms with Gasteiger partial charge in [0.25, 0.3) is 0 Å². The van der Waals surface area contributed by atoms with Crippen molar-refractivity contribution >= 4 is 15.9 Å². The number of rotatable bonds is 3. The smallest absolute Gasteiger partial charge is 0.158 e. The highest BCUT2D eigenvalue weighted by Crippen LogP contribution is 2.18. The number of aliphatic hydroxyl groups excluding tert-OH is 1. The van der Waals surface area contributed by atoms with E-state index < -0.39 is 0 Å². The van der Waals surface area contributed by atoms with Crippen LogP contribution in [0.25, 0.3) is 5.82 Å². The van der Waals surface area contributed by atoms with Gasteiger partial charge >= 0.3 is 0 Å². The zero-order chi connectivity index (χ0) is 12.4. The molecule has 0 atom stereocenters. The van der Waals surface area contributed by atoms with E-state index in [1.165, 1.54) is 0 Å². The standard InChI is InChI=1S/C12H14BrN3O/c1-8(2)11-3-4-16(15-11)12-9(7-17)5-10(13)6-14-12/h3-6,8,17H,7H2,1-2H3. The quantitative estimate of drug-likeness (QED) is 0.947. The van der Waals surface area contributed by atoms with Crippen LogP contribution in [0.2, 0.25) is 0 Å². The fourth-order valence-corrected chi connectivity index (χ4v) is 1.94. The van der Waals surface area contributed by atoms with E-state index in [0.29, 0.717) is 11.7 Å². The summed E-state index contributed by atoms with van der Waals surface area (Å²) in [5.74, 6) is 1.05. The Morgan fingerprint density at radius 1 is 1.47 bits per heavy atom. The molecule has 0 spiro atoms. The fourth-order valence-electron chi connectivity index (χ4n) is 1.56. The lowest BCUT2D eigenvalue weighted by Crippen LogP contribution is -2.04. The molecule has 0 aliphatic carbocycles. The molecule has 0 bridgehead atoms. The van der Waals surface area contributed by atoms with Crippen LogP contribution in [-0.4, -0.2) is 19.9 Å². The van der Waals surface area contributed by atoms with Crippen molar-refractivity contribution in [3.05, 3.63) is 40.3 Å². The Labute approximate surface area is 108 Å². The van der Waals surface area contributed by atoms with Gasteiger partial charge in [0.15, 0.2) is 5.82 Å². The van der Waals surface area contributed by atoms with Gasteiger partial charge in [-0.15, -0.1) is 0 Å². The van der Waals surface area contributed by atoms with E-state index in [4.69, 9.17) is 0 Å². The van der Waals surface area contributed by atoms with Gasteiger partial charge in [0.1, 0.15) is 0 Å². The van der Waals surface area contributed by atoms with Crippen molar-refractivity contribution < 1.29 is 5.11 Å². The summed E-state index contributed by atoms with van der Waals surface area (Å²) >= 11 is 3.33. The predicted molar refractivity (Wildman–Crippen MR) is 69.1 cm³/mol. The average Bonchev–Trinajstić information content (AvgIpc) is 2.78. The predicted octanol–water partition coefficient (Wildman–Crippen LogP) is 2.65. The molecule has 0 aliphatic rings. The van der Waals surface area contributed by atoms with Crippen LogP contribution < -0.4 is 0 Å². The van der Waals surface area contributed by atoms with Crippen LogP contribution in [0, 0.1) is 0 Å². The first-order chi connectivity index (χ1) is 8.11. The van der Waals surface area contributed by atoms with E-state index >= 15 is 0 Å². The Morgan fingerprint density at radius 2 is 2.24 bits per heavy atom. The number of hydrogen-bond acceptors (Lipinski definition) is 3. The molecular weight excluding hydrogens is 282 g/mol. The zero-order valence-electron chi connectivity index (χ0n) is 9.76. The number of nitrogens with zero attached hydrogens (tertiary/aromatic N) is 3. The Kier molecular flexibility index (Phi) is 3.59. The summed E-state index contributed by atoms with van der Waals surface area (Å²) in [7, 11) is 0. The van der Waals surface area contributed by atoms with Crippen molar-refractivity contribution in [3.8, 4) is 5.82 Å². The number of halogens is 1. The van der Waals surface area contributed by atoms with Crippen molar-refractivity contribution in [1.82, 2.24) is 14.8 Å². The Morgan fingerprint density at radius 3 is 2.82 bits per heavy atom. The van der Waals surface area contributed by atoms with Crippen LogP contribution in [0.5, 0.6) is 0 Å². The third kappa shape index (κ3) is 2.56. The minimum absolute atomic E-state index is 0.0569. The van der Waals surface area contributed by atoms with Gasteiger partial charge in [0.2, 0.25) is 0 Å². The van der Waals surface area contributed by atoms with E-state index in [2.05, 4.69) is 39.9 Å². The first kappa shape index (κ1) is 12.3. The fraction of sp³-hybridized carbons (Fsp3) is 0.333. The van der Waals surface area contributed by atoms with E-state index in [1.54, 1.807) is 10.9 Å². The second-order valence-corrected chi connectivity index (χ2v) is 5.05. The Hall–Kier alpha value is -1.20. The molecule has 0 amide bonds. The normalized spacial score (nSPS) is 11.1. The van der Waals surface area contributed by atoms with Crippen LogP contribution >= 0.6 is 15.9 Å². The number of pyridine rings is 1. The van der Waals surface area contributed by atoms with Crippen molar-refractivity contribution in [3.63, 3.8) is 0 Å². The molecule has 0 aromatic carbocycles. The molecule has 4 nitrogen and oxygen atoms in total. The topological polar surface area (TPSA) is 50.9 Å². The summed E-state index contributed by atoms with van der Waals surface area (Å²) in [4.78, 5) is 4.29. The maximum Gasteiger partial charge on any atom is 0.158 e. The van der Waals surface area contributed by atoms with Crippen LogP contribution in [0.1, 0.15) is 31.0 Å². The first-order valence-corrected chi connectivity index (χ1v) is 6.22. The van der Waals surface area contributed by atoms with Crippen LogP contribution in [0.3, 0.4) is 0 Å². The monoisotopic (exact) mass is 295 g/mol. The van der Waals surface area contributed by atoms with Crippen LogP contribution in [0.4, 0.5) is 0 Å². The largest absolute Gasteiger partial charge is 0.392 e. The minimum atomic E-state index is -0.0569. The van der Waals surface area contributed by atoms with E-state index in [0.717, 1.165) is 15.7 Å². The van der Waals surface area contributed by atoms with Crippen LogP contribution in [-0.2, 0) is 6.61 Å². The van der Waals surface area contributed by atoms with Crippen molar-refractivity contribution in [2.45, 2.75) is 26.4 Å². The molecule has 2 aromatic rings. The summed E-state index contributed by atoms with van der Waals surface area (Å²) in [6.45, 7) is 4.13. The SMILES string of the molecule is CC(C)c1ccn(-c2ncc(Br)cc2CO)n1. The summed E-state index contributed by atoms with van der Waals surface area (Å²) in [5.41, 5.74) is 1.76. The lowest BCUT2D eigenvalue weighted by Gasteiger charge is -2.06. The lowest BCUT2D eigenvalue weighted by atomic mass is 10.1. The molecule has 17 heavy (non-hydrogen) atoms. The third-order valence-corrected chi connectivity index (χ3v) is 2.93. The second-order valence-electron chi connectivity index (χ2n) is 4.13. The molecule has 0 unspecified atom stereocenters. The summed E-state index contributed by atoms with van der Waals surface area (Å²) in [5, 5.41) is 13.8. The van der Waals surface area contributed by atoms with Gasteiger partial charge in [-0.1, -0.05) is 13.8 Å². The molecule has 0 saturated carbocycles. The molecule has 0 fully saturated rings. The van der Waals surface area contributed by atoms with Crippen molar-refractivity contribution in [1.29, 1.82) is 0 Å². The summed E-state index contributed by atoms with van der Waals surface area (Å²) < 4.78 is 2.55. The Bertz CT molecular complexity index is 522. The molecule has 0 aliphatic heterocycles. The van der Waals surface area contributed by atoms with Gasteiger partial charge < -0.3 is 5.11 Å². The highest BCUT2D eigenvalue weighted by molar-refractivity contribution is 9.10. The van der Waals surface area contributed by atoms with E-state index in [-0.39, 0.29) is 6.61 Å². The number of aromatic nitrogens is 3. The number of hydrogen-bond donors (Lipinski definition) is 1. The third-order valence-electron chi connectivity index (χ3n) is 2.50. The lowest BCUT2D eigenvalue weighted by molar-refractivity contribution is 0.280. The molecule has 1 N–H and O–H groups in total. The zero-order valence-corrected chi connectivity index (χ0v) is 11.3. The molecule has 2 rings (SSSR count). The summed E-state index contributed by atoms with van der Waals surface area (Å²) in [6.07, 6.45) is 3.57. The molecular formula is C12H14BrN3O.